The molecular formula is C14H15I. The molecule has 0 bridgehead atoms. The maximum absolute atomic E-state index is 2.44. The molecule has 0 N–H and O–H groups in total. The Morgan fingerprint density at radius 1 is 1.13 bits per heavy atom. The largest absolute Gasteiger partial charge is 0.0651 e. The molecule has 0 saturated carbocycles. The molecule has 78 valence electrons. The van der Waals surface area contributed by atoms with Crippen LogP contribution in [-0.2, 0) is 6.42 Å². The van der Waals surface area contributed by atoms with Gasteiger partial charge in [0.25, 0.3) is 0 Å². The zero-order valence-electron chi connectivity index (χ0n) is 9.18. The van der Waals surface area contributed by atoms with Crippen molar-refractivity contribution in [2.24, 2.45) is 0 Å². The fourth-order valence-electron chi connectivity index (χ4n) is 2.06. The minimum Gasteiger partial charge on any atom is -0.0651 e. The summed E-state index contributed by atoms with van der Waals surface area (Å²) in [5, 5.41) is 2.79. The van der Waals surface area contributed by atoms with Gasteiger partial charge >= 0.3 is 0 Å². The van der Waals surface area contributed by atoms with Crippen molar-refractivity contribution in [2.75, 3.05) is 0 Å². The van der Waals surface area contributed by atoms with Gasteiger partial charge < -0.3 is 0 Å². The quantitative estimate of drug-likeness (QED) is 0.705. The second-order valence-electron chi connectivity index (χ2n) is 3.94. The molecule has 0 unspecified atom stereocenters. The van der Waals surface area contributed by atoms with E-state index in [0.717, 1.165) is 0 Å². The highest BCUT2D eigenvalue weighted by Gasteiger charge is 2.05. The molecule has 0 nitrogen and oxygen atoms in total. The Balaban J connectivity index is 2.72. The topological polar surface area (TPSA) is 0 Å². The number of halogens is 1. The van der Waals surface area contributed by atoms with E-state index < -0.39 is 0 Å². The van der Waals surface area contributed by atoms with Gasteiger partial charge in [-0.3, -0.25) is 0 Å². The lowest BCUT2D eigenvalue weighted by molar-refractivity contribution is 0.914. The maximum atomic E-state index is 2.44. The zero-order valence-corrected chi connectivity index (χ0v) is 11.3. The van der Waals surface area contributed by atoms with E-state index in [4.69, 9.17) is 0 Å². The van der Waals surface area contributed by atoms with Crippen molar-refractivity contribution in [3.8, 4) is 0 Å². The van der Waals surface area contributed by atoms with Crippen LogP contribution in [-0.4, -0.2) is 0 Å². The number of hydrogen-bond donors (Lipinski definition) is 0. The van der Waals surface area contributed by atoms with Crippen molar-refractivity contribution in [3.05, 3.63) is 45.0 Å². The summed E-state index contributed by atoms with van der Waals surface area (Å²) in [4.78, 5) is 0. The highest BCUT2D eigenvalue weighted by Crippen LogP contribution is 2.27. The van der Waals surface area contributed by atoms with E-state index in [0.29, 0.717) is 0 Å². The minimum atomic E-state index is 1.19. The Bertz CT molecular complexity index is 486. The van der Waals surface area contributed by atoms with Crippen LogP contribution in [0.25, 0.3) is 10.8 Å². The fourth-order valence-corrected chi connectivity index (χ4v) is 2.91. The first kappa shape index (κ1) is 10.9. The molecule has 2 aromatic rings. The van der Waals surface area contributed by atoms with Gasteiger partial charge in [-0.25, -0.2) is 0 Å². The molecule has 0 heterocycles. The zero-order chi connectivity index (χ0) is 10.8. The van der Waals surface area contributed by atoms with Crippen LogP contribution < -0.4 is 0 Å². The van der Waals surface area contributed by atoms with E-state index in [-0.39, 0.29) is 0 Å². The van der Waals surface area contributed by atoms with Crippen LogP contribution >= 0.6 is 22.6 Å². The first-order valence-electron chi connectivity index (χ1n) is 5.40. The standard InChI is InChI=1S/C14H15I/c1-3-6-11-9-14(15)13-8-5-4-7-12(13)10(11)2/h4-5,7-9H,3,6H2,1-2H3. The summed E-state index contributed by atoms with van der Waals surface area (Å²) in [7, 11) is 0. The predicted octanol–water partition coefficient (Wildman–Crippen LogP) is 4.71. The first-order chi connectivity index (χ1) is 7.24. The Labute approximate surface area is 105 Å². The lowest BCUT2D eigenvalue weighted by atomic mass is 9.97. The number of hydrogen-bond acceptors (Lipinski definition) is 0. The van der Waals surface area contributed by atoms with Gasteiger partial charge in [-0.2, -0.15) is 0 Å². The van der Waals surface area contributed by atoms with Crippen molar-refractivity contribution in [2.45, 2.75) is 26.7 Å². The summed E-state index contributed by atoms with van der Waals surface area (Å²) in [6.07, 6.45) is 2.40. The first-order valence-corrected chi connectivity index (χ1v) is 6.48. The Morgan fingerprint density at radius 2 is 1.80 bits per heavy atom. The Hall–Kier alpha value is -0.570. The van der Waals surface area contributed by atoms with Gasteiger partial charge in [-0.15, -0.1) is 0 Å². The minimum absolute atomic E-state index is 1.19. The van der Waals surface area contributed by atoms with E-state index in [1.54, 1.807) is 0 Å². The second kappa shape index (κ2) is 4.52. The summed E-state index contributed by atoms with van der Waals surface area (Å²) < 4.78 is 1.37. The Kier molecular flexibility index (Phi) is 3.29. The summed E-state index contributed by atoms with van der Waals surface area (Å²) in [5.41, 5.74) is 2.95. The summed E-state index contributed by atoms with van der Waals surface area (Å²) in [6.45, 7) is 4.48. The highest BCUT2D eigenvalue weighted by molar-refractivity contribution is 14.1. The molecule has 15 heavy (non-hydrogen) atoms. The van der Waals surface area contributed by atoms with Crippen molar-refractivity contribution >= 4 is 33.4 Å². The molecule has 1 heteroatoms. The second-order valence-corrected chi connectivity index (χ2v) is 5.10. The number of fused-ring (bicyclic) bond motifs is 1. The van der Waals surface area contributed by atoms with Crippen LogP contribution in [0, 0.1) is 10.5 Å². The third kappa shape index (κ3) is 2.03. The van der Waals surface area contributed by atoms with Crippen LogP contribution in [0.1, 0.15) is 24.5 Å². The van der Waals surface area contributed by atoms with Crippen LogP contribution in [0.3, 0.4) is 0 Å². The maximum Gasteiger partial charge on any atom is 0.0211 e. The molecule has 2 rings (SSSR count). The molecule has 0 aliphatic carbocycles. The lowest BCUT2D eigenvalue weighted by Gasteiger charge is -2.10. The number of rotatable bonds is 2. The van der Waals surface area contributed by atoms with Crippen molar-refractivity contribution in [3.63, 3.8) is 0 Å². The van der Waals surface area contributed by atoms with Crippen LogP contribution in [0.15, 0.2) is 30.3 Å². The van der Waals surface area contributed by atoms with E-state index in [1.165, 1.54) is 38.3 Å². The smallest absolute Gasteiger partial charge is 0.0211 e. The van der Waals surface area contributed by atoms with E-state index >= 15 is 0 Å². The van der Waals surface area contributed by atoms with E-state index in [1.807, 2.05) is 0 Å². The SMILES string of the molecule is CCCc1cc(I)c2ccccc2c1C. The normalized spacial score (nSPS) is 10.9. The molecule has 0 saturated heterocycles. The van der Waals surface area contributed by atoms with Crippen molar-refractivity contribution in [1.82, 2.24) is 0 Å². The molecule has 0 spiro atoms. The van der Waals surface area contributed by atoms with Gasteiger partial charge in [0.15, 0.2) is 0 Å². The van der Waals surface area contributed by atoms with Crippen molar-refractivity contribution in [1.29, 1.82) is 0 Å². The van der Waals surface area contributed by atoms with Gasteiger partial charge in [0.2, 0.25) is 0 Å². The number of benzene rings is 2. The molecule has 0 fully saturated rings. The van der Waals surface area contributed by atoms with Crippen molar-refractivity contribution < 1.29 is 0 Å². The van der Waals surface area contributed by atoms with Crippen LogP contribution in [0.2, 0.25) is 0 Å². The van der Waals surface area contributed by atoms with Gasteiger partial charge in [-0.1, -0.05) is 37.6 Å². The lowest BCUT2D eigenvalue weighted by Crippen LogP contribution is -1.92. The molecule has 0 aliphatic rings. The van der Waals surface area contributed by atoms with Crippen LogP contribution in [0.5, 0.6) is 0 Å². The molecule has 2 aromatic carbocycles. The molecular weight excluding hydrogens is 295 g/mol. The molecule has 0 atom stereocenters. The highest BCUT2D eigenvalue weighted by atomic mass is 127. The summed E-state index contributed by atoms with van der Waals surface area (Å²) in [6, 6.07) is 11.0. The summed E-state index contributed by atoms with van der Waals surface area (Å²) in [5.74, 6) is 0. The molecule has 0 amide bonds. The molecule has 0 radical (unpaired) electrons. The van der Waals surface area contributed by atoms with Gasteiger partial charge in [-0.05, 0) is 63.9 Å². The molecule has 0 aliphatic heterocycles. The van der Waals surface area contributed by atoms with Gasteiger partial charge in [0.05, 0.1) is 0 Å². The monoisotopic (exact) mass is 310 g/mol. The third-order valence-corrected chi connectivity index (χ3v) is 3.78. The van der Waals surface area contributed by atoms with Crippen LogP contribution in [0.4, 0.5) is 0 Å². The average Bonchev–Trinajstić information content (AvgIpc) is 2.26. The Morgan fingerprint density at radius 3 is 2.47 bits per heavy atom. The number of aryl methyl sites for hydroxylation is 2. The van der Waals surface area contributed by atoms with E-state index in [9.17, 15) is 0 Å². The third-order valence-electron chi connectivity index (χ3n) is 2.89. The average molecular weight is 310 g/mol. The fraction of sp³-hybridized carbons (Fsp3) is 0.286. The van der Waals surface area contributed by atoms with Gasteiger partial charge in [0, 0.05) is 3.57 Å². The van der Waals surface area contributed by atoms with Gasteiger partial charge in [0.1, 0.15) is 0 Å². The predicted molar refractivity (Wildman–Crippen MR) is 75.4 cm³/mol. The molecule has 0 aromatic heterocycles. The van der Waals surface area contributed by atoms with E-state index in [2.05, 4.69) is 66.8 Å². The summed E-state index contributed by atoms with van der Waals surface area (Å²) >= 11 is 2.44.